The van der Waals surface area contributed by atoms with Gasteiger partial charge in [0.05, 0.1) is 26.4 Å². The van der Waals surface area contributed by atoms with Crippen molar-refractivity contribution in [3.63, 3.8) is 0 Å². The topological polar surface area (TPSA) is 237 Å². The van der Waals surface area contributed by atoms with Crippen LogP contribution >= 0.6 is 15.6 Å². The van der Waals surface area contributed by atoms with E-state index in [1.54, 1.807) is 0 Å². The molecule has 0 aliphatic carbocycles. The number of aliphatic hydroxyl groups is 1. The molecule has 102 heavy (non-hydrogen) atoms. The monoisotopic (exact) mass is 1490 g/mol. The Bertz CT molecular complexity index is 1960. The minimum atomic E-state index is -4.96. The highest BCUT2D eigenvalue weighted by Gasteiger charge is 2.30. The third-order valence-electron chi connectivity index (χ3n) is 19.8. The maximum atomic E-state index is 13.1. The fraction of sp³-hybridized carbons (Fsp3) is 0.952. The molecular formula is C83H162O17P2. The van der Waals surface area contributed by atoms with Crippen LogP contribution in [0.1, 0.15) is 440 Å². The molecule has 0 aliphatic heterocycles. The number of phosphoric acid groups is 2. The maximum absolute atomic E-state index is 13.1. The van der Waals surface area contributed by atoms with E-state index in [9.17, 15) is 43.2 Å². The van der Waals surface area contributed by atoms with Gasteiger partial charge in [-0.05, 0) is 37.5 Å². The molecule has 0 aromatic heterocycles. The molecule has 17 nitrogen and oxygen atoms in total. The molecule has 0 amide bonds. The Labute approximate surface area is 626 Å². The molecule has 3 N–H and O–H groups in total. The highest BCUT2D eigenvalue weighted by molar-refractivity contribution is 7.47. The molecule has 0 aliphatic rings. The number of ether oxygens (including phenoxy) is 4. The summed E-state index contributed by atoms with van der Waals surface area (Å²) in [6, 6.07) is 0. The number of esters is 4. The van der Waals surface area contributed by atoms with Crippen molar-refractivity contribution in [2.75, 3.05) is 39.6 Å². The Morgan fingerprint density at radius 2 is 0.500 bits per heavy atom. The molecule has 0 aromatic carbocycles. The first-order chi connectivity index (χ1) is 49.4. The van der Waals surface area contributed by atoms with Gasteiger partial charge in [0.15, 0.2) is 12.2 Å². The Hall–Kier alpha value is -1.94. The fourth-order valence-electron chi connectivity index (χ4n) is 12.9. The Morgan fingerprint density at radius 3 is 0.745 bits per heavy atom. The number of rotatable bonds is 82. The molecule has 606 valence electrons. The smallest absolute Gasteiger partial charge is 0.462 e. The largest absolute Gasteiger partial charge is 0.472 e. The number of phosphoric ester groups is 2. The van der Waals surface area contributed by atoms with Gasteiger partial charge in [-0.2, -0.15) is 0 Å². The van der Waals surface area contributed by atoms with Crippen molar-refractivity contribution >= 4 is 39.5 Å². The molecule has 0 saturated heterocycles. The second-order valence-electron chi connectivity index (χ2n) is 30.6. The van der Waals surface area contributed by atoms with Crippen LogP contribution in [0.5, 0.6) is 0 Å². The van der Waals surface area contributed by atoms with Gasteiger partial charge in [0.1, 0.15) is 19.3 Å². The lowest BCUT2D eigenvalue weighted by atomic mass is 9.99. The molecule has 0 heterocycles. The number of hydrogen-bond acceptors (Lipinski definition) is 15. The van der Waals surface area contributed by atoms with Gasteiger partial charge in [0.2, 0.25) is 0 Å². The van der Waals surface area contributed by atoms with Crippen LogP contribution in [-0.2, 0) is 65.4 Å². The molecule has 0 bridgehead atoms. The first-order valence-corrected chi connectivity index (χ1v) is 46.0. The summed E-state index contributed by atoms with van der Waals surface area (Å²) in [6.45, 7) is 9.65. The van der Waals surface area contributed by atoms with Crippen LogP contribution in [0, 0.1) is 11.8 Å². The van der Waals surface area contributed by atoms with Crippen LogP contribution < -0.4 is 0 Å². The van der Waals surface area contributed by atoms with E-state index in [2.05, 4.69) is 41.5 Å². The molecule has 0 spiro atoms. The van der Waals surface area contributed by atoms with E-state index in [1.165, 1.54) is 244 Å². The third-order valence-corrected chi connectivity index (χ3v) is 21.7. The minimum absolute atomic E-state index is 0.106. The van der Waals surface area contributed by atoms with Crippen molar-refractivity contribution < 1.29 is 80.2 Å². The summed E-state index contributed by atoms with van der Waals surface area (Å²) in [5, 5.41) is 10.6. The number of aliphatic hydroxyl groups excluding tert-OH is 1. The lowest BCUT2D eigenvalue weighted by molar-refractivity contribution is -0.161. The third kappa shape index (κ3) is 74.9. The average Bonchev–Trinajstić information content (AvgIpc) is 0.938. The van der Waals surface area contributed by atoms with Gasteiger partial charge in [-0.25, -0.2) is 9.13 Å². The van der Waals surface area contributed by atoms with E-state index in [1.807, 2.05) is 0 Å². The van der Waals surface area contributed by atoms with Crippen LogP contribution in [0.3, 0.4) is 0 Å². The predicted octanol–water partition coefficient (Wildman–Crippen LogP) is 25.1. The highest BCUT2D eigenvalue weighted by Crippen LogP contribution is 2.45. The predicted molar refractivity (Wildman–Crippen MR) is 418 cm³/mol. The zero-order valence-corrected chi connectivity index (χ0v) is 68.7. The number of hydrogen-bond donors (Lipinski definition) is 3. The van der Waals surface area contributed by atoms with Crippen molar-refractivity contribution in [2.45, 2.75) is 458 Å². The Morgan fingerprint density at radius 1 is 0.284 bits per heavy atom. The first-order valence-electron chi connectivity index (χ1n) is 43.0. The van der Waals surface area contributed by atoms with Crippen molar-refractivity contribution in [3.8, 4) is 0 Å². The average molecular weight is 1490 g/mol. The van der Waals surface area contributed by atoms with Crippen LogP contribution in [-0.4, -0.2) is 96.7 Å². The lowest BCUT2D eigenvalue weighted by Gasteiger charge is -2.21. The van der Waals surface area contributed by atoms with Crippen LogP contribution in [0.4, 0.5) is 0 Å². The SMILES string of the molecule is CCCCCCCCCCCCCCCCCCCCCCCCC(=O)O[C@H](COC(=O)CCCCCCCCCCCCCCCCCCC(C)C)COP(=O)(O)OC[C@@H](O)COP(=O)(O)OC[C@@H](COC(=O)CCCCCCCCC)OC(=O)CCCCCCCCCCCCC(C)CC. The van der Waals surface area contributed by atoms with Crippen molar-refractivity contribution in [2.24, 2.45) is 11.8 Å². The summed E-state index contributed by atoms with van der Waals surface area (Å²) in [7, 11) is -9.92. The zero-order chi connectivity index (χ0) is 74.9. The Balaban J connectivity index is 5.16. The lowest BCUT2D eigenvalue weighted by Crippen LogP contribution is -2.30. The standard InChI is InChI=1S/C83H162O17P2/c1-7-10-12-14-16-17-18-19-20-21-22-23-24-25-26-31-34-37-43-49-55-61-67-82(87)100-79(72-94-81(86)66-60-54-48-42-36-33-30-28-27-29-32-35-40-46-51-57-63-75(4)5)74-98-102(91,92)96-70-77(84)69-95-101(89,90)97-73-78(71-93-80(85)65-59-53-45-15-13-11-8-2)99-83(88)68-62-56-50-44-39-38-41-47-52-58-64-76(6)9-3/h75-79,84H,7-74H2,1-6H3,(H,89,90)(H,91,92)/t76?,77-,78+,79+/m0/s1. The zero-order valence-electron chi connectivity index (χ0n) is 66.9. The molecule has 0 aromatic rings. The summed E-state index contributed by atoms with van der Waals surface area (Å²) in [6.07, 6.45) is 65.5. The number of unbranched alkanes of at least 4 members (excludes halogenated alkanes) is 51. The second-order valence-corrected chi connectivity index (χ2v) is 33.5. The second kappa shape index (κ2) is 74.5. The first kappa shape index (κ1) is 100. The van der Waals surface area contributed by atoms with Gasteiger partial charge >= 0.3 is 39.5 Å². The van der Waals surface area contributed by atoms with E-state index >= 15 is 0 Å². The molecule has 0 saturated carbocycles. The molecule has 0 radical (unpaired) electrons. The van der Waals surface area contributed by atoms with Crippen molar-refractivity contribution in [1.29, 1.82) is 0 Å². The number of carbonyl (C=O) groups is 4. The summed E-state index contributed by atoms with van der Waals surface area (Å²) in [5.41, 5.74) is 0. The van der Waals surface area contributed by atoms with Gasteiger partial charge in [0.25, 0.3) is 0 Å². The molecule has 19 heteroatoms. The van der Waals surface area contributed by atoms with Crippen LogP contribution in [0.15, 0.2) is 0 Å². The molecular weight excluding hydrogens is 1330 g/mol. The molecule has 0 fully saturated rings. The van der Waals surface area contributed by atoms with Crippen molar-refractivity contribution in [1.82, 2.24) is 0 Å². The van der Waals surface area contributed by atoms with E-state index in [4.69, 9.17) is 37.0 Å². The summed E-state index contributed by atoms with van der Waals surface area (Å²) < 4.78 is 68.6. The minimum Gasteiger partial charge on any atom is -0.462 e. The van der Waals surface area contributed by atoms with Gasteiger partial charge < -0.3 is 33.8 Å². The van der Waals surface area contributed by atoms with Gasteiger partial charge in [0, 0.05) is 25.7 Å². The number of carbonyl (C=O) groups excluding carboxylic acids is 4. The van der Waals surface area contributed by atoms with Crippen molar-refractivity contribution in [3.05, 3.63) is 0 Å². The maximum Gasteiger partial charge on any atom is 0.472 e. The highest BCUT2D eigenvalue weighted by atomic mass is 31.2. The van der Waals surface area contributed by atoms with Gasteiger partial charge in [-0.3, -0.25) is 37.3 Å². The Kier molecular flexibility index (Phi) is 73.1. The van der Waals surface area contributed by atoms with E-state index in [0.29, 0.717) is 25.7 Å². The molecule has 3 unspecified atom stereocenters. The molecule has 6 atom stereocenters. The van der Waals surface area contributed by atoms with E-state index in [0.717, 1.165) is 115 Å². The van der Waals surface area contributed by atoms with E-state index < -0.39 is 97.5 Å². The van der Waals surface area contributed by atoms with Crippen LogP contribution in [0.25, 0.3) is 0 Å². The normalized spacial score (nSPS) is 14.1. The van der Waals surface area contributed by atoms with Gasteiger partial charge in [-0.1, -0.05) is 388 Å². The van der Waals surface area contributed by atoms with Crippen LogP contribution in [0.2, 0.25) is 0 Å². The molecule has 0 rings (SSSR count). The summed E-state index contributed by atoms with van der Waals surface area (Å²) >= 11 is 0. The van der Waals surface area contributed by atoms with Gasteiger partial charge in [-0.15, -0.1) is 0 Å². The summed E-state index contributed by atoms with van der Waals surface area (Å²) in [5.74, 6) is -0.497. The van der Waals surface area contributed by atoms with E-state index in [-0.39, 0.29) is 25.7 Å². The summed E-state index contributed by atoms with van der Waals surface area (Å²) in [4.78, 5) is 72.9. The quantitative estimate of drug-likeness (QED) is 0.0222. The fourth-order valence-corrected chi connectivity index (χ4v) is 14.4.